The second kappa shape index (κ2) is 6.14. The average Bonchev–Trinajstić information content (AvgIpc) is 2.74. The predicted molar refractivity (Wildman–Crippen MR) is 85.3 cm³/mol. The van der Waals surface area contributed by atoms with Crippen LogP contribution >= 0.6 is 27.5 Å². The molecule has 0 N–H and O–H groups in total. The minimum absolute atomic E-state index is 0.0445. The first kappa shape index (κ1) is 15.3. The molecule has 108 valence electrons. The number of imidazole rings is 1. The van der Waals surface area contributed by atoms with Gasteiger partial charge in [0.15, 0.2) is 0 Å². The molecular weight excluding hydrogens is 342 g/mol. The first-order valence-electron chi connectivity index (χ1n) is 6.39. The molecule has 0 spiro atoms. The molecule has 1 unspecified atom stereocenters. The van der Waals surface area contributed by atoms with Gasteiger partial charge in [-0.05, 0) is 25.1 Å². The van der Waals surface area contributed by atoms with Crippen molar-refractivity contribution < 1.29 is 4.79 Å². The van der Waals surface area contributed by atoms with Crippen molar-refractivity contribution >= 4 is 44.5 Å². The smallest absolute Gasteiger partial charge is 0.244 e. The lowest BCUT2D eigenvalue weighted by Crippen LogP contribution is -2.30. The van der Waals surface area contributed by atoms with E-state index in [1.54, 1.807) is 19.0 Å². The van der Waals surface area contributed by atoms with Crippen LogP contribution in [0.2, 0.25) is 0 Å². The van der Waals surface area contributed by atoms with Crippen molar-refractivity contribution in [3.8, 4) is 0 Å². The zero-order valence-corrected chi connectivity index (χ0v) is 14.1. The fraction of sp³-hybridized carbons (Fsp3) is 0.429. The van der Waals surface area contributed by atoms with Gasteiger partial charge >= 0.3 is 0 Å². The Morgan fingerprint density at radius 1 is 1.50 bits per heavy atom. The van der Waals surface area contributed by atoms with Crippen LogP contribution in [0.15, 0.2) is 22.7 Å². The van der Waals surface area contributed by atoms with Crippen LogP contribution in [0.3, 0.4) is 0 Å². The summed E-state index contributed by atoms with van der Waals surface area (Å²) in [5, 5.41) is 0. The number of fused-ring (bicyclic) bond motifs is 1. The summed E-state index contributed by atoms with van der Waals surface area (Å²) in [6.07, 6.45) is 0.638. The van der Waals surface area contributed by atoms with Gasteiger partial charge < -0.3 is 9.47 Å². The molecule has 2 aromatic rings. The van der Waals surface area contributed by atoms with E-state index in [1.807, 2.05) is 29.7 Å². The van der Waals surface area contributed by atoms with Crippen molar-refractivity contribution in [2.45, 2.75) is 19.4 Å². The van der Waals surface area contributed by atoms with E-state index in [0.29, 0.717) is 12.3 Å². The summed E-state index contributed by atoms with van der Waals surface area (Å²) in [7, 11) is 3.52. The minimum Gasteiger partial charge on any atom is -0.347 e. The number of aryl methyl sites for hydroxylation is 1. The number of benzene rings is 1. The number of carbonyl (C=O) groups is 1. The van der Waals surface area contributed by atoms with E-state index < -0.39 is 0 Å². The van der Waals surface area contributed by atoms with Crippen LogP contribution in [0, 0.1) is 0 Å². The van der Waals surface area contributed by atoms with Gasteiger partial charge in [0.2, 0.25) is 5.91 Å². The molecule has 0 aliphatic rings. The normalized spacial score (nSPS) is 12.7. The Morgan fingerprint density at radius 2 is 2.20 bits per heavy atom. The Bertz CT molecular complexity index is 639. The first-order chi connectivity index (χ1) is 9.45. The number of carbonyl (C=O) groups excluding carboxylic acids is 1. The number of nitrogens with zero attached hydrogens (tertiary/aromatic N) is 3. The molecule has 0 saturated carbocycles. The molecule has 0 fully saturated rings. The van der Waals surface area contributed by atoms with E-state index in [4.69, 9.17) is 11.6 Å². The SMILES string of the molecule is CC(C(=O)N(C)C)n1c(CCCl)nc2cc(Br)ccc21. The molecule has 1 aromatic heterocycles. The topological polar surface area (TPSA) is 38.1 Å². The molecular formula is C14H17BrClN3O. The van der Waals surface area contributed by atoms with Crippen molar-refractivity contribution in [3.05, 3.63) is 28.5 Å². The first-order valence-corrected chi connectivity index (χ1v) is 7.72. The summed E-state index contributed by atoms with van der Waals surface area (Å²) in [6, 6.07) is 5.59. The van der Waals surface area contributed by atoms with Crippen LogP contribution in [0.5, 0.6) is 0 Å². The molecule has 6 heteroatoms. The molecule has 1 atom stereocenters. The number of amides is 1. The summed E-state index contributed by atoms with van der Waals surface area (Å²) in [4.78, 5) is 18.4. The van der Waals surface area contributed by atoms with Crippen molar-refractivity contribution in [1.82, 2.24) is 14.5 Å². The zero-order valence-electron chi connectivity index (χ0n) is 11.7. The van der Waals surface area contributed by atoms with Crippen molar-refractivity contribution in [2.75, 3.05) is 20.0 Å². The summed E-state index contributed by atoms with van der Waals surface area (Å²) in [5.41, 5.74) is 1.83. The largest absolute Gasteiger partial charge is 0.347 e. The van der Waals surface area contributed by atoms with Crippen LogP contribution in [0.25, 0.3) is 11.0 Å². The Kier molecular flexibility index (Phi) is 4.70. The van der Waals surface area contributed by atoms with Crippen LogP contribution in [-0.2, 0) is 11.2 Å². The lowest BCUT2D eigenvalue weighted by Gasteiger charge is -2.20. The summed E-state index contributed by atoms with van der Waals surface area (Å²) >= 11 is 9.30. The minimum atomic E-state index is -0.297. The lowest BCUT2D eigenvalue weighted by atomic mass is 10.2. The fourth-order valence-electron chi connectivity index (χ4n) is 2.30. The Morgan fingerprint density at radius 3 is 2.80 bits per heavy atom. The van der Waals surface area contributed by atoms with E-state index >= 15 is 0 Å². The van der Waals surface area contributed by atoms with Gasteiger partial charge in [-0.25, -0.2) is 4.98 Å². The number of hydrogen-bond acceptors (Lipinski definition) is 2. The highest BCUT2D eigenvalue weighted by Gasteiger charge is 2.22. The van der Waals surface area contributed by atoms with Gasteiger partial charge in [-0.3, -0.25) is 4.79 Å². The Balaban J connectivity index is 2.59. The Hall–Kier alpha value is -1.07. The van der Waals surface area contributed by atoms with Gasteiger partial charge in [0.25, 0.3) is 0 Å². The van der Waals surface area contributed by atoms with Gasteiger partial charge in [0, 0.05) is 30.9 Å². The highest BCUT2D eigenvalue weighted by atomic mass is 79.9. The van der Waals surface area contributed by atoms with E-state index in [9.17, 15) is 4.79 Å². The maximum absolute atomic E-state index is 12.2. The second-order valence-corrected chi connectivity index (χ2v) is 6.17. The fourth-order valence-corrected chi connectivity index (χ4v) is 2.82. The molecule has 4 nitrogen and oxygen atoms in total. The predicted octanol–water partition coefficient (Wildman–Crippen LogP) is 3.23. The molecule has 20 heavy (non-hydrogen) atoms. The summed E-state index contributed by atoms with van der Waals surface area (Å²) < 4.78 is 2.95. The standard InChI is InChI=1S/C14H17BrClN3O/c1-9(14(20)18(2)3)19-12-5-4-10(15)8-11(12)17-13(19)6-7-16/h4-5,8-9H,6-7H2,1-3H3. The van der Waals surface area contributed by atoms with E-state index in [2.05, 4.69) is 20.9 Å². The van der Waals surface area contributed by atoms with Gasteiger partial charge in [-0.15, -0.1) is 11.6 Å². The maximum Gasteiger partial charge on any atom is 0.244 e. The van der Waals surface area contributed by atoms with Crippen molar-refractivity contribution in [2.24, 2.45) is 0 Å². The summed E-state index contributed by atoms with van der Waals surface area (Å²) in [5.74, 6) is 1.37. The monoisotopic (exact) mass is 357 g/mol. The molecule has 0 saturated heterocycles. The molecule has 1 amide bonds. The van der Waals surface area contributed by atoms with E-state index in [0.717, 1.165) is 21.3 Å². The quantitative estimate of drug-likeness (QED) is 0.787. The molecule has 1 aromatic carbocycles. The van der Waals surface area contributed by atoms with E-state index in [1.165, 1.54) is 0 Å². The number of halogens is 2. The molecule has 0 aliphatic carbocycles. The van der Waals surface area contributed by atoms with Crippen LogP contribution in [-0.4, -0.2) is 40.3 Å². The number of likely N-dealkylation sites (N-methyl/N-ethyl adjacent to an activating group) is 1. The number of hydrogen-bond donors (Lipinski definition) is 0. The molecule has 0 radical (unpaired) electrons. The number of alkyl halides is 1. The highest BCUT2D eigenvalue weighted by molar-refractivity contribution is 9.10. The number of rotatable bonds is 4. The third-order valence-corrected chi connectivity index (χ3v) is 3.91. The third-order valence-electron chi connectivity index (χ3n) is 3.23. The van der Waals surface area contributed by atoms with E-state index in [-0.39, 0.29) is 11.9 Å². The van der Waals surface area contributed by atoms with Gasteiger partial charge in [-0.1, -0.05) is 15.9 Å². The highest BCUT2D eigenvalue weighted by Crippen LogP contribution is 2.25. The zero-order chi connectivity index (χ0) is 14.9. The average molecular weight is 359 g/mol. The van der Waals surface area contributed by atoms with Gasteiger partial charge in [0.1, 0.15) is 11.9 Å². The molecule has 2 rings (SSSR count). The van der Waals surface area contributed by atoms with Gasteiger partial charge in [-0.2, -0.15) is 0 Å². The van der Waals surface area contributed by atoms with Crippen molar-refractivity contribution in [1.29, 1.82) is 0 Å². The molecule has 0 bridgehead atoms. The maximum atomic E-state index is 12.2. The molecule has 0 aliphatic heterocycles. The van der Waals surface area contributed by atoms with Crippen molar-refractivity contribution in [3.63, 3.8) is 0 Å². The van der Waals surface area contributed by atoms with Crippen LogP contribution < -0.4 is 0 Å². The third kappa shape index (κ3) is 2.83. The van der Waals surface area contributed by atoms with Crippen LogP contribution in [0.1, 0.15) is 18.8 Å². The second-order valence-electron chi connectivity index (χ2n) is 4.88. The van der Waals surface area contributed by atoms with Crippen LogP contribution in [0.4, 0.5) is 0 Å². The van der Waals surface area contributed by atoms with Gasteiger partial charge in [0.05, 0.1) is 11.0 Å². The lowest BCUT2D eigenvalue weighted by molar-refractivity contribution is -0.131. The molecule has 1 heterocycles. The summed E-state index contributed by atoms with van der Waals surface area (Å²) in [6.45, 7) is 1.89. The number of aromatic nitrogens is 2. The Labute approximate surface area is 131 Å².